The number of halogens is 2. The second-order valence-corrected chi connectivity index (χ2v) is 2.53. The predicted octanol–water partition coefficient (Wildman–Crippen LogP) is 1.80. The maximum Gasteiger partial charge on any atom is 0.321 e. The number of aromatic nitrogens is 3. The van der Waals surface area contributed by atoms with Gasteiger partial charge in [0.05, 0.1) is 0 Å². The van der Waals surface area contributed by atoms with Crippen LogP contribution >= 0.6 is 0 Å². The van der Waals surface area contributed by atoms with Gasteiger partial charge in [0.15, 0.2) is 0 Å². The highest BCUT2D eigenvalue weighted by Crippen LogP contribution is 2.17. The minimum absolute atomic E-state index is 0.0218. The summed E-state index contributed by atoms with van der Waals surface area (Å²) in [5.74, 6) is 0.298. The monoisotopic (exact) mass is 161 g/mol. The maximum absolute atomic E-state index is 12.1. The van der Waals surface area contributed by atoms with Gasteiger partial charge in [-0.15, -0.1) is 10.2 Å². The third-order valence-electron chi connectivity index (χ3n) is 1.33. The Balaban J connectivity index is 2.96. The standard InChI is InChI=1S/C6H9F2N3/c1-4(2)5-10-9-3-11(5)6(7)8/h3-4,6H,1-2H3. The van der Waals surface area contributed by atoms with E-state index in [1.807, 2.05) is 0 Å². The predicted molar refractivity (Wildman–Crippen MR) is 35.4 cm³/mol. The first-order valence-electron chi connectivity index (χ1n) is 3.30. The largest absolute Gasteiger partial charge is 0.321 e. The molecule has 0 saturated heterocycles. The van der Waals surface area contributed by atoms with Crippen molar-refractivity contribution in [2.75, 3.05) is 0 Å². The van der Waals surface area contributed by atoms with Crippen molar-refractivity contribution in [3.63, 3.8) is 0 Å². The van der Waals surface area contributed by atoms with Crippen LogP contribution in [0.25, 0.3) is 0 Å². The molecule has 0 N–H and O–H groups in total. The van der Waals surface area contributed by atoms with Gasteiger partial charge in [-0.25, -0.2) is 0 Å². The fourth-order valence-corrected chi connectivity index (χ4v) is 0.815. The molecule has 62 valence electrons. The first kappa shape index (κ1) is 8.10. The number of hydrogen-bond donors (Lipinski definition) is 0. The molecule has 11 heavy (non-hydrogen) atoms. The van der Waals surface area contributed by atoms with Gasteiger partial charge in [0.25, 0.3) is 0 Å². The molecule has 0 spiro atoms. The Morgan fingerprint density at radius 3 is 2.45 bits per heavy atom. The summed E-state index contributed by atoms with van der Waals surface area (Å²) in [5, 5.41) is 6.97. The zero-order valence-electron chi connectivity index (χ0n) is 6.33. The van der Waals surface area contributed by atoms with E-state index in [1.165, 1.54) is 0 Å². The molecule has 0 fully saturated rings. The number of nitrogens with zero attached hydrogens (tertiary/aromatic N) is 3. The third-order valence-corrected chi connectivity index (χ3v) is 1.33. The molecule has 0 unspecified atom stereocenters. The Labute approximate surface area is 63.0 Å². The molecule has 0 bridgehead atoms. The van der Waals surface area contributed by atoms with Gasteiger partial charge in [-0.3, -0.25) is 4.57 Å². The van der Waals surface area contributed by atoms with Crippen LogP contribution in [0.3, 0.4) is 0 Å². The highest BCUT2D eigenvalue weighted by molar-refractivity contribution is 4.92. The molecular weight excluding hydrogens is 152 g/mol. The van der Waals surface area contributed by atoms with E-state index in [9.17, 15) is 8.78 Å². The zero-order valence-corrected chi connectivity index (χ0v) is 6.33. The average Bonchev–Trinajstić information content (AvgIpc) is 2.32. The van der Waals surface area contributed by atoms with E-state index in [2.05, 4.69) is 10.2 Å². The average molecular weight is 161 g/mol. The molecule has 0 aliphatic heterocycles. The molecular formula is C6H9F2N3. The van der Waals surface area contributed by atoms with E-state index in [4.69, 9.17) is 0 Å². The summed E-state index contributed by atoms with van der Waals surface area (Å²) >= 11 is 0. The molecule has 0 saturated carbocycles. The number of alkyl halides is 2. The van der Waals surface area contributed by atoms with Crippen molar-refractivity contribution in [2.45, 2.75) is 26.3 Å². The van der Waals surface area contributed by atoms with E-state index in [-0.39, 0.29) is 5.92 Å². The van der Waals surface area contributed by atoms with Gasteiger partial charge >= 0.3 is 6.55 Å². The Hall–Kier alpha value is -1.00. The minimum Gasteiger partial charge on any atom is -0.259 e. The highest BCUT2D eigenvalue weighted by Gasteiger charge is 2.14. The molecule has 0 amide bonds. The summed E-state index contributed by atoms with van der Waals surface area (Å²) in [7, 11) is 0. The quantitative estimate of drug-likeness (QED) is 0.662. The van der Waals surface area contributed by atoms with Crippen LogP contribution in [-0.4, -0.2) is 14.8 Å². The molecule has 0 radical (unpaired) electrons. The molecule has 0 aliphatic carbocycles. The van der Waals surface area contributed by atoms with Crippen molar-refractivity contribution < 1.29 is 8.78 Å². The summed E-state index contributed by atoms with van der Waals surface area (Å²) < 4.78 is 25.0. The van der Waals surface area contributed by atoms with Crippen LogP contribution in [0.15, 0.2) is 6.33 Å². The lowest BCUT2D eigenvalue weighted by Gasteiger charge is -2.06. The highest BCUT2D eigenvalue weighted by atomic mass is 19.3. The summed E-state index contributed by atoms with van der Waals surface area (Å²) in [6.07, 6.45) is 1.04. The molecule has 0 aromatic carbocycles. The van der Waals surface area contributed by atoms with Crippen LogP contribution in [0, 0.1) is 0 Å². The van der Waals surface area contributed by atoms with Gasteiger partial charge in [0.1, 0.15) is 12.2 Å². The molecule has 0 aliphatic rings. The van der Waals surface area contributed by atoms with E-state index in [1.54, 1.807) is 13.8 Å². The minimum atomic E-state index is -2.54. The lowest BCUT2D eigenvalue weighted by Crippen LogP contribution is -2.04. The Kier molecular flexibility index (Phi) is 2.16. The molecule has 1 aromatic rings. The Bertz CT molecular complexity index is 209. The smallest absolute Gasteiger partial charge is 0.259 e. The topological polar surface area (TPSA) is 30.7 Å². The van der Waals surface area contributed by atoms with Crippen molar-refractivity contribution in [1.29, 1.82) is 0 Å². The maximum atomic E-state index is 12.1. The second kappa shape index (κ2) is 2.94. The van der Waals surface area contributed by atoms with Gasteiger partial charge in [0.2, 0.25) is 0 Å². The molecule has 5 heteroatoms. The van der Waals surface area contributed by atoms with Gasteiger partial charge < -0.3 is 0 Å². The third kappa shape index (κ3) is 1.53. The van der Waals surface area contributed by atoms with Crippen LogP contribution in [0.1, 0.15) is 32.1 Å². The first-order valence-corrected chi connectivity index (χ1v) is 3.30. The zero-order chi connectivity index (χ0) is 8.43. The molecule has 1 aromatic heterocycles. The van der Waals surface area contributed by atoms with Crippen molar-refractivity contribution >= 4 is 0 Å². The Morgan fingerprint density at radius 2 is 2.09 bits per heavy atom. The van der Waals surface area contributed by atoms with E-state index in [0.717, 1.165) is 10.9 Å². The summed E-state index contributed by atoms with van der Waals surface area (Å²) in [5.41, 5.74) is 0. The van der Waals surface area contributed by atoms with Gasteiger partial charge in [-0.1, -0.05) is 13.8 Å². The second-order valence-electron chi connectivity index (χ2n) is 2.53. The normalized spacial score (nSPS) is 11.5. The molecule has 1 heterocycles. The van der Waals surface area contributed by atoms with E-state index < -0.39 is 6.55 Å². The number of rotatable bonds is 2. The first-order chi connectivity index (χ1) is 5.13. The van der Waals surface area contributed by atoms with Crippen molar-refractivity contribution in [1.82, 2.24) is 14.8 Å². The summed E-state index contributed by atoms with van der Waals surface area (Å²) in [6, 6.07) is 0. The van der Waals surface area contributed by atoms with Crippen molar-refractivity contribution in [2.24, 2.45) is 0 Å². The van der Waals surface area contributed by atoms with Crippen LogP contribution in [-0.2, 0) is 0 Å². The Morgan fingerprint density at radius 1 is 1.45 bits per heavy atom. The summed E-state index contributed by atoms with van der Waals surface area (Å²) in [4.78, 5) is 0. The fourth-order valence-electron chi connectivity index (χ4n) is 0.815. The van der Waals surface area contributed by atoms with Crippen LogP contribution in [0.5, 0.6) is 0 Å². The van der Waals surface area contributed by atoms with Gasteiger partial charge in [0, 0.05) is 5.92 Å². The number of hydrogen-bond acceptors (Lipinski definition) is 2. The SMILES string of the molecule is CC(C)c1nncn1C(F)F. The lowest BCUT2D eigenvalue weighted by atomic mass is 10.2. The van der Waals surface area contributed by atoms with E-state index >= 15 is 0 Å². The fraction of sp³-hybridized carbons (Fsp3) is 0.667. The lowest BCUT2D eigenvalue weighted by molar-refractivity contribution is 0.0659. The van der Waals surface area contributed by atoms with Crippen molar-refractivity contribution in [3.8, 4) is 0 Å². The van der Waals surface area contributed by atoms with Crippen LogP contribution < -0.4 is 0 Å². The van der Waals surface area contributed by atoms with Crippen LogP contribution in [0.2, 0.25) is 0 Å². The molecule has 1 rings (SSSR count). The van der Waals surface area contributed by atoms with Gasteiger partial charge in [-0.2, -0.15) is 8.78 Å². The molecule has 0 atom stereocenters. The van der Waals surface area contributed by atoms with E-state index in [0.29, 0.717) is 5.82 Å². The summed E-state index contributed by atoms with van der Waals surface area (Å²) in [6.45, 7) is 1.05. The molecule has 3 nitrogen and oxygen atoms in total. The van der Waals surface area contributed by atoms with Crippen molar-refractivity contribution in [3.05, 3.63) is 12.2 Å². The van der Waals surface area contributed by atoms with Crippen LogP contribution in [0.4, 0.5) is 8.78 Å². The van der Waals surface area contributed by atoms with Gasteiger partial charge in [-0.05, 0) is 0 Å².